The Kier molecular flexibility index (Phi) is 4.15. The number of hydrogen-bond donors (Lipinski definition) is 2. The molecule has 0 radical (unpaired) electrons. The number of aliphatic hydroxyl groups excluding tert-OH is 1. The van der Waals surface area contributed by atoms with Crippen LogP contribution in [0.2, 0.25) is 0 Å². The molecule has 2 unspecified atom stereocenters. The van der Waals surface area contributed by atoms with Gasteiger partial charge in [0.05, 0.1) is 17.7 Å². The highest BCUT2D eigenvalue weighted by Gasteiger charge is 2.24. The first kappa shape index (κ1) is 14.0. The minimum absolute atomic E-state index is 0.125. The van der Waals surface area contributed by atoms with Crippen LogP contribution in [-0.2, 0) is 0 Å². The molecule has 3 rings (SSSR count). The lowest BCUT2D eigenvalue weighted by molar-refractivity contribution is 0.0820. The Balaban J connectivity index is 1.83. The number of carbonyl (C=O) groups excluding carboxylic acids is 1. The number of pyridine rings is 1. The van der Waals surface area contributed by atoms with Gasteiger partial charge in [0.2, 0.25) is 0 Å². The maximum Gasteiger partial charge on any atom is 0.252 e. The molecule has 1 aliphatic carbocycles. The summed E-state index contributed by atoms with van der Waals surface area (Å²) in [5.74, 6) is -0.125. The molecule has 1 fully saturated rings. The molecule has 0 saturated heterocycles. The molecule has 21 heavy (non-hydrogen) atoms. The van der Waals surface area contributed by atoms with Crippen LogP contribution in [0.5, 0.6) is 0 Å². The second kappa shape index (κ2) is 6.22. The van der Waals surface area contributed by atoms with E-state index in [0.29, 0.717) is 5.56 Å². The molecule has 4 heteroatoms. The summed E-state index contributed by atoms with van der Waals surface area (Å²) < 4.78 is 0. The van der Waals surface area contributed by atoms with Crippen molar-refractivity contribution in [2.24, 2.45) is 0 Å². The quantitative estimate of drug-likeness (QED) is 0.833. The van der Waals surface area contributed by atoms with Crippen LogP contribution in [0.4, 0.5) is 0 Å². The number of amides is 1. The van der Waals surface area contributed by atoms with Crippen molar-refractivity contribution in [3.05, 3.63) is 42.1 Å². The third-order valence-corrected chi connectivity index (χ3v) is 4.19. The summed E-state index contributed by atoms with van der Waals surface area (Å²) >= 11 is 0. The highest BCUT2D eigenvalue weighted by molar-refractivity contribution is 6.06. The minimum atomic E-state index is -0.440. The third-order valence-electron chi connectivity index (χ3n) is 4.19. The van der Waals surface area contributed by atoms with E-state index in [-0.39, 0.29) is 11.9 Å². The zero-order valence-corrected chi connectivity index (χ0v) is 12.0. The van der Waals surface area contributed by atoms with Gasteiger partial charge in [0, 0.05) is 17.1 Å². The molecule has 2 atom stereocenters. The average Bonchev–Trinajstić information content (AvgIpc) is 2.71. The van der Waals surface area contributed by atoms with E-state index in [1.54, 1.807) is 6.20 Å². The molecule has 0 spiro atoms. The Labute approximate surface area is 124 Å². The lowest BCUT2D eigenvalue weighted by Gasteiger charge is -2.22. The van der Waals surface area contributed by atoms with Gasteiger partial charge in [-0.05, 0) is 31.0 Å². The van der Waals surface area contributed by atoms with E-state index >= 15 is 0 Å². The number of aliphatic hydroxyl groups is 1. The lowest BCUT2D eigenvalue weighted by atomic mass is 10.0. The Morgan fingerprint density at radius 2 is 2.00 bits per heavy atom. The summed E-state index contributed by atoms with van der Waals surface area (Å²) in [7, 11) is 0. The van der Waals surface area contributed by atoms with E-state index in [2.05, 4.69) is 10.3 Å². The van der Waals surface area contributed by atoms with E-state index in [1.165, 1.54) is 0 Å². The van der Waals surface area contributed by atoms with Gasteiger partial charge < -0.3 is 10.4 Å². The lowest BCUT2D eigenvalue weighted by Crippen LogP contribution is -2.42. The van der Waals surface area contributed by atoms with Crippen LogP contribution in [0.1, 0.15) is 42.5 Å². The summed E-state index contributed by atoms with van der Waals surface area (Å²) in [6.45, 7) is 0. The fraction of sp³-hybridized carbons (Fsp3) is 0.412. The monoisotopic (exact) mass is 284 g/mol. The molecule has 0 aliphatic heterocycles. The largest absolute Gasteiger partial charge is 0.391 e. The number of hydrogen-bond acceptors (Lipinski definition) is 3. The topological polar surface area (TPSA) is 62.2 Å². The van der Waals surface area contributed by atoms with Crippen molar-refractivity contribution in [2.75, 3.05) is 0 Å². The molecule has 2 aromatic rings. The van der Waals surface area contributed by atoms with Crippen LogP contribution in [0.25, 0.3) is 10.9 Å². The van der Waals surface area contributed by atoms with Gasteiger partial charge in [-0.15, -0.1) is 0 Å². The van der Waals surface area contributed by atoms with Crippen molar-refractivity contribution in [1.82, 2.24) is 10.3 Å². The number of nitrogens with zero attached hydrogens (tertiary/aromatic N) is 1. The van der Waals surface area contributed by atoms with E-state index in [0.717, 1.165) is 43.0 Å². The second-order valence-corrected chi connectivity index (χ2v) is 5.66. The van der Waals surface area contributed by atoms with Crippen molar-refractivity contribution in [2.45, 2.75) is 44.2 Å². The molecular weight excluding hydrogens is 264 g/mol. The van der Waals surface area contributed by atoms with Gasteiger partial charge >= 0.3 is 0 Å². The number of aromatic nitrogens is 1. The highest BCUT2D eigenvalue weighted by Crippen LogP contribution is 2.20. The number of fused-ring (bicyclic) bond motifs is 1. The smallest absolute Gasteiger partial charge is 0.252 e. The summed E-state index contributed by atoms with van der Waals surface area (Å²) in [4.78, 5) is 16.8. The predicted octanol–water partition coefficient (Wildman–Crippen LogP) is 2.66. The first-order valence-electron chi connectivity index (χ1n) is 7.58. The Bertz CT molecular complexity index is 636. The van der Waals surface area contributed by atoms with Crippen molar-refractivity contribution in [1.29, 1.82) is 0 Å². The van der Waals surface area contributed by atoms with Gasteiger partial charge in [0.15, 0.2) is 0 Å². The molecule has 1 aliphatic rings. The van der Waals surface area contributed by atoms with Crippen LogP contribution in [-0.4, -0.2) is 28.1 Å². The highest BCUT2D eigenvalue weighted by atomic mass is 16.3. The van der Waals surface area contributed by atoms with E-state index in [9.17, 15) is 9.90 Å². The first-order valence-corrected chi connectivity index (χ1v) is 7.58. The van der Waals surface area contributed by atoms with E-state index in [4.69, 9.17) is 0 Å². The Morgan fingerprint density at radius 3 is 2.90 bits per heavy atom. The minimum Gasteiger partial charge on any atom is -0.391 e. The maximum absolute atomic E-state index is 12.5. The first-order chi connectivity index (χ1) is 10.3. The average molecular weight is 284 g/mol. The van der Waals surface area contributed by atoms with Gasteiger partial charge in [0.1, 0.15) is 0 Å². The Hall–Kier alpha value is -1.94. The summed E-state index contributed by atoms with van der Waals surface area (Å²) in [5.41, 5.74) is 1.43. The third kappa shape index (κ3) is 3.05. The second-order valence-electron chi connectivity index (χ2n) is 5.66. The van der Waals surface area contributed by atoms with Crippen molar-refractivity contribution < 1.29 is 9.90 Å². The summed E-state index contributed by atoms with van der Waals surface area (Å²) in [6.07, 6.45) is 6.10. The molecule has 110 valence electrons. The van der Waals surface area contributed by atoms with Crippen LogP contribution < -0.4 is 5.32 Å². The molecule has 0 bridgehead atoms. The molecule has 2 N–H and O–H groups in total. The molecule has 1 aromatic carbocycles. The van der Waals surface area contributed by atoms with Gasteiger partial charge in [-0.2, -0.15) is 0 Å². The van der Waals surface area contributed by atoms with Crippen LogP contribution in [0.15, 0.2) is 36.5 Å². The van der Waals surface area contributed by atoms with E-state index < -0.39 is 6.10 Å². The summed E-state index contributed by atoms with van der Waals surface area (Å²) in [6, 6.07) is 9.13. The van der Waals surface area contributed by atoms with Crippen molar-refractivity contribution in [3.63, 3.8) is 0 Å². The molecule has 1 heterocycles. The molecule has 4 nitrogen and oxygen atoms in total. The fourth-order valence-corrected chi connectivity index (χ4v) is 3.00. The summed E-state index contributed by atoms with van der Waals surface area (Å²) in [5, 5.41) is 14.0. The zero-order chi connectivity index (χ0) is 14.7. The number of rotatable bonds is 2. The van der Waals surface area contributed by atoms with Crippen molar-refractivity contribution in [3.8, 4) is 0 Å². The van der Waals surface area contributed by atoms with Gasteiger partial charge in [0.25, 0.3) is 5.91 Å². The van der Waals surface area contributed by atoms with E-state index in [1.807, 2.05) is 30.3 Å². The standard InChI is InChI=1S/C17H20N2O2/c20-16-10-3-1-2-8-15(16)19-17(21)13-6-4-9-14-12(13)7-5-11-18-14/h4-7,9,11,15-16,20H,1-3,8,10H2,(H,19,21). The maximum atomic E-state index is 12.5. The predicted molar refractivity (Wildman–Crippen MR) is 82.1 cm³/mol. The normalized spacial score (nSPS) is 22.7. The van der Waals surface area contributed by atoms with Gasteiger partial charge in [-0.3, -0.25) is 9.78 Å². The van der Waals surface area contributed by atoms with Crippen LogP contribution in [0, 0.1) is 0 Å². The zero-order valence-electron chi connectivity index (χ0n) is 12.0. The molecule has 1 amide bonds. The van der Waals surface area contributed by atoms with Crippen molar-refractivity contribution >= 4 is 16.8 Å². The molecule has 1 aromatic heterocycles. The fourth-order valence-electron chi connectivity index (χ4n) is 3.00. The van der Waals surface area contributed by atoms with Gasteiger partial charge in [-0.1, -0.05) is 31.4 Å². The number of carbonyl (C=O) groups is 1. The Morgan fingerprint density at radius 1 is 1.14 bits per heavy atom. The molecule has 1 saturated carbocycles. The van der Waals surface area contributed by atoms with Crippen LogP contribution >= 0.6 is 0 Å². The number of benzene rings is 1. The van der Waals surface area contributed by atoms with Gasteiger partial charge in [-0.25, -0.2) is 0 Å². The number of nitrogens with one attached hydrogen (secondary N) is 1. The SMILES string of the molecule is O=C(NC1CCCCCC1O)c1cccc2ncccc12. The molecular formula is C17H20N2O2. The van der Waals surface area contributed by atoms with Crippen LogP contribution in [0.3, 0.4) is 0 Å².